The van der Waals surface area contributed by atoms with Crippen molar-refractivity contribution in [2.24, 2.45) is 0 Å². The molecule has 1 heterocycles. The Morgan fingerprint density at radius 2 is 2.09 bits per heavy atom. The third-order valence-electron chi connectivity index (χ3n) is 2.15. The van der Waals surface area contributed by atoms with Gasteiger partial charge in [0.25, 0.3) is 5.91 Å². The zero-order chi connectivity index (χ0) is 8.81. The van der Waals surface area contributed by atoms with Crippen LogP contribution in [0.5, 0.6) is 0 Å². The minimum Gasteiger partial charge on any atom is -0.360 e. The van der Waals surface area contributed by atoms with Crippen molar-refractivity contribution < 1.29 is 9.90 Å². The van der Waals surface area contributed by atoms with Crippen LogP contribution in [0, 0.1) is 0 Å². The third-order valence-corrected chi connectivity index (χ3v) is 3.08. The lowest BCUT2D eigenvalue weighted by atomic mass is 10.1. The molecule has 64 valence electrons. The number of carbonyl (C=O) groups is 1. The minimum absolute atomic E-state index is 0.0619. The summed E-state index contributed by atoms with van der Waals surface area (Å²) < 4.78 is 1.30. The Hall–Kier alpha value is 0.120. The van der Waals surface area contributed by atoms with Gasteiger partial charge in [0.15, 0.2) is 6.35 Å². The van der Waals surface area contributed by atoms with Crippen LogP contribution in [-0.2, 0) is 4.79 Å². The maximum atomic E-state index is 11.4. The molecule has 4 nitrogen and oxygen atoms in total. The molecule has 0 aromatic rings. The SMILES string of the molecule is CN1C(O)N(I)C(=O)C1(C)C. The second-order valence-corrected chi connectivity index (χ2v) is 4.17. The number of rotatable bonds is 0. The van der Waals surface area contributed by atoms with Gasteiger partial charge in [-0.15, -0.1) is 0 Å². The number of hydrogen-bond donors (Lipinski definition) is 1. The van der Waals surface area contributed by atoms with Gasteiger partial charge in [-0.05, 0) is 20.9 Å². The zero-order valence-electron chi connectivity index (χ0n) is 6.71. The number of likely N-dealkylation sites (N-methyl/N-ethyl adjacent to an activating group) is 1. The summed E-state index contributed by atoms with van der Waals surface area (Å²) in [5.74, 6) is -0.0619. The molecule has 1 rings (SSSR count). The van der Waals surface area contributed by atoms with Crippen molar-refractivity contribution in [3.8, 4) is 0 Å². The smallest absolute Gasteiger partial charge is 0.254 e. The number of halogens is 1. The Bertz CT molecular complexity index is 195. The average molecular weight is 270 g/mol. The van der Waals surface area contributed by atoms with E-state index in [1.807, 2.05) is 22.9 Å². The van der Waals surface area contributed by atoms with E-state index in [4.69, 9.17) is 0 Å². The van der Waals surface area contributed by atoms with Gasteiger partial charge in [-0.3, -0.25) is 4.79 Å². The molecule has 1 amide bonds. The molecule has 1 fully saturated rings. The maximum absolute atomic E-state index is 11.4. The van der Waals surface area contributed by atoms with E-state index in [0.717, 1.165) is 0 Å². The predicted octanol–water partition coefficient (Wildman–Crippen LogP) is 0.165. The molecular formula is C6H11IN2O2. The highest BCUT2D eigenvalue weighted by molar-refractivity contribution is 14.1. The lowest BCUT2D eigenvalue weighted by Crippen LogP contribution is -2.42. The molecule has 11 heavy (non-hydrogen) atoms. The second kappa shape index (κ2) is 2.56. The Balaban J connectivity index is 2.96. The van der Waals surface area contributed by atoms with Gasteiger partial charge in [-0.1, -0.05) is 0 Å². The number of nitrogens with zero attached hydrogens (tertiary/aromatic N) is 2. The van der Waals surface area contributed by atoms with Crippen LogP contribution in [-0.4, -0.2) is 38.0 Å². The Morgan fingerprint density at radius 3 is 2.18 bits per heavy atom. The molecular weight excluding hydrogens is 259 g/mol. The van der Waals surface area contributed by atoms with Crippen LogP contribution in [0.25, 0.3) is 0 Å². The van der Waals surface area contributed by atoms with Gasteiger partial charge >= 0.3 is 0 Å². The minimum atomic E-state index is -0.793. The second-order valence-electron chi connectivity index (χ2n) is 3.13. The van der Waals surface area contributed by atoms with Crippen molar-refractivity contribution in [3.63, 3.8) is 0 Å². The van der Waals surface area contributed by atoms with E-state index in [-0.39, 0.29) is 5.91 Å². The van der Waals surface area contributed by atoms with Gasteiger partial charge in [0.2, 0.25) is 0 Å². The number of amides is 1. The van der Waals surface area contributed by atoms with E-state index < -0.39 is 11.9 Å². The topological polar surface area (TPSA) is 43.8 Å². The quantitative estimate of drug-likeness (QED) is 0.504. The molecule has 0 spiro atoms. The summed E-state index contributed by atoms with van der Waals surface area (Å²) >= 11 is 1.82. The highest BCUT2D eigenvalue weighted by Gasteiger charge is 2.48. The van der Waals surface area contributed by atoms with E-state index in [1.54, 1.807) is 25.8 Å². The maximum Gasteiger partial charge on any atom is 0.254 e. The summed E-state index contributed by atoms with van der Waals surface area (Å²) in [4.78, 5) is 13.0. The molecule has 0 radical (unpaired) electrons. The summed E-state index contributed by atoms with van der Waals surface area (Å²) in [6, 6.07) is 0. The Labute approximate surface area is 79.7 Å². The van der Waals surface area contributed by atoms with Crippen LogP contribution in [0.3, 0.4) is 0 Å². The fourth-order valence-corrected chi connectivity index (χ4v) is 1.92. The van der Waals surface area contributed by atoms with E-state index in [0.29, 0.717) is 0 Å². The van der Waals surface area contributed by atoms with Gasteiger partial charge in [-0.2, -0.15) is 0 Å². The van der Waals surface area contributed by atoms with Crippen molar-refractivity contribution in [1.82, 2.24) is 8.01 Å². The molecule has 1 N–H and O–H groups in total. The summed E-state index contributed by atoms with van der Waals surface area (Å²) in [6.07, 6.45) is -0.793. The third kappa shape index (κ3) is 1.15. The number of carbonyl (C=O) groups excluding carboxylic acids is 1. The van der Waals surface area contributed by atoms with Gasteiger partial charge in [0.05, 0.1) is 28.4 Å². The Kier molecular flexibility index (Phi) is 2.15. The molecule has 5 heteroatoms. The van der Waals surface area contributed by atoms with E-state index in [2.05, 4.69) is 0 Å². The lowest BCUT2D eigenvalue weighted by Gasteiger charge is -2.24. The fraction of sp³-hybridized carbons (Fsp3) is 0.833. The zero-order valence-corrected chi connectivity index (χ0v) is 8.86. The first-order valence-electron chi connectivity index (χ1n) is 3.29. The molecule has 1 aliphatic heterocycles. The molecule has 0 bridgehead atoms. The first-order chi connectivity index (χ1) is 4.89. The molecule has 1 aliphatic rings. The van der Waals surface area contributed by atoms with Crippen molar-refractivity contribution in [1.29, 1.82) is 0 Å². The summed E-state index contributed by atoms with van der Waals surface area (Å²) in [5, 5.41) is 9.40. The summed E-state index contributed by atoms with van der Waals surface area (Å²) in [6.45, 7) is 3.58. The predicted molar refractivity (Wildman–Crippen MR) is 48.7 cm³/mol. The van der Waals surface area contributed by atoms with E-state index in [1.165, 1.54) is 3.11 Å². The molecule has 1 unspecified atom stereocenters. The van der Waals surface area contributed by atoms with E-state index >= 15 is 0 Å². The van der Waals surface area contributed by atoms with Crippen molar-refractivity contribution in [2.45, 2.75) is 25.7 Å². The number of aliphatic hydroxyl groups excluding tert-OH is 1. The number of aliphatic hydroxyl groups is 1. The van der Waals surface area contributed by atoms with Crippen LogP contribution in [0.15, 0.2) is 0 Å². The largest absolute Gasteiger partial charge is 0.360 e. The normalized spacial score (nSPS) is 31.5. The van der Waals surface area contributed by atoms with Crippen LogP contribution in [0.4, 0.5) is 0 Å². The van der Waals surface area contributed by atoms with Crippen molar-refractivity contribution in [2.75, 3.05) is 7.05 Å². The molecule has 0 aromatic carbocycles. The van der Waals surface area contributed by atoms with Crippen LogP contribution >= 0.6 is 22.9 Å². The van der Waals surface area contributed by atoms with Gasteiger partial charge in [0, 0.05) is 0 Å². The van der Waals surface area contributed by atoms with Crippen molar-refractivity contribution in [3.05, 3.63) is 0 Å². The van der Waals surface area contributed by atoms with Gasteiger partial charge < -0.3 is 5.11 Å². The molecule has 0 aromatic heterocycles. The number of hydrogen-bond acceptors (Lipinski definition) is 3. The molecule has 0 saturated carbocycles. The first-order valence-corrected chi connectivity index (χ1v) is 4.26. The Morgan fingerprint density at radius 1 is 1.64 bits per heavy atom. The van der Waals surface area contributed by atoms with Gasteiger partial charge in [0.1, 0.15) is 0 Å². The van der Waals surface area contributed by atoms with Crippen LogP contribution < -0.4 is 0 Å². The highest BCUT2D eigenvalue weighted by Crippen LogP contribution is 2.30. The van der Waals surface area contributed by atoms with Crippen LogP contribution in [0.1, 0.15) is 13.8 Å². The van der Waals surface area contributed by atoms with Crippen LogP contribution in [0.2, 0.25) is 0 Å². The lowest BCUT2D eigenvalue weighted by molar-refractivity contribution is -0.128. The van der Waals surface area contributed by atoms with Gasteiger partial charge in [-0.25, -0.2) is 8.01 Å². The molecule has 0 aliphatic carbocycles. The molecule has 1 atom stereocenters. The first kappa shape index (κ1) is 9.21. The highest BCUT2D eigenvalue weighted by atomic mass is 127. The monoisotopic (exact) mass is 270 g/mol. The summed E-state index contributed by atoms with van der Waals surface area (Å²) in [5.41, 5.74) is -0.583. The standard InChI is InChI=1S/C6H11IN2O2/c1-6(2)4(10)9(7)5(11)8(6)3/h5,11H,1-3H3. The average Bonchev–Trinajstić information content (AvgIpc) is 2.06. The van der Waals surface area contributed by atoms with Crippen molar-refractivity contribution >= 4 is 28.8 Å². The van der Waals surface area contributed by atoms with E-state index in [9.17, 15) is 9.90 Å². The summed E-state index contributed by atoms with van der Waals surface area (Å²) in [7, 11) is 1.72. The fourth-order valence-electron chi connectivity index (χ4n) is 0.958. The molecule has 1 saturated heterocycles.